The second kappa shape index (κ2) is 3.72. The summed E-state index contributed by atoms with van der Waals surface area (Å²) in [5, 5.41) is 2.93. The molecule has 0 radical (unpaired) electrons. The molecule has 0 bridgehead atoms. The van der Waals surface area contributed by atoms with Crippen molar-refractivity contribution in [1.29, 1.82) is 0 Å². The Labute approximate surface area is 93.0 Å². The smallest absolute Gasteiger partial charge is 0.113 e. The zero-order valence-electron chi connectivity index (χ0n) is 8.77. The van der Waals surface area contributed by atoms with Crippen LogP contribution in [0.4, 0.5) is 0 Å². The molecule has 0 fully saturated rings. The van der Waals surface area contributed by atoms with Gasteiger partial charge in [-0.15, -0.1) is 11.3 Å². The van der Waals surface area contributed by atoms with Gasteiger partial charge < -0.3 is 5.73 Å². The molecule has 0 aliphatic heterocycles. The summed E-state index contributed by atoms with van der Waals surface area (Å²) in [6.07, 6.45) is 1.77. The van der Waals surface area contributed by atoms with E-state index in [9.17, 15) is 0 Å². The van der Waals surface area contributed by atoms with E-state index in [0.717, 1.165) is 16.4 Å². The lowest BCUT2D eigenvalue weighted by Gasteiger charge is -2.13. The molecule has 2 aromatic heterocycles. The van der Waals surface area contributed by atoms with Crippen LogP contribution >= 0.6 is 11.3 Å². The molecule has 3 nitrogen and oxygen atoms in total. The Hall–Kier alpha value is -1.26. The van der Waals surface area contributed by atoms with Crippen LogP contribution in [0.15, 0.2) is 29.8 Å². The largest absolute Gasteiger partial charge is 0.320 e. The summed E-state index contributed by atoms with van der Waals surface area (Å²) >= 11 is 1.58. The average Bonchev–Trinajstić information content (AvgIpc) is 2.67. The highest BCUT2D eigenvalue weighted by molar-refractivity contribution is 7.10. The molecule has 2 N–H and O–H groups in total. The molecule has 0 saturated carbocycles. The third kappa shape index (κ3) is 2.22. The lowest BCUT2D eigenvalue weighted by molar-refractivity contribution is 0.551. The lowest BCUT2D eigenvalue weighted by atomic mass is 10.1. The van der Waals surface area contributed by atoms with Crippen molar-refractivity contribution in [1.82, 2.24) is 9.97 Å². The van der Waals surface area contributed by atoms with E-state index in [-0.39, 0.29) is 5.54 Å². The van der Waals surface area contributed by atoms with Gasteiger partial charge in [0.25, 0.3) is 0 Å². The van der Waals surface area contributed by atoms with Gasteiger partial charge in [0.05, 0.1) is 16.9 Å². The van der Waals surface area contributed by atoms with E-state index in [0.29, 0.717) is 0 Å². The van der Waals surface area contributed by atoms with Gasteiger partial charge >= 0.3 is 0 Å². The first-order chi connectivity index (χ1) is 7.07. The first-order valence-corrected chi connectivity index (χ1v) is 5.61. The van der Waals surface area contributed by atoms with Crippen molar-refractivity contribution in [3.8, 4) is 11.4 Å². The second-order valence-electron chi connectivity index (χ2n) is 3.97. The van der Waals surface area contributed by atoms with Gasteiger partial charge in [-0.3, -0.25) is 4.98 Å². The van der Waals surface area contributed by atoms with Crippen molar-refractivity contribution in [3.05, 3.63) is 34.8 Å². The number of hydrogen-bond donors (Lipinski definition) is 1. The number of pyridine rings is 1. The highest BCUT2D eigenvalue weighted by atomic mass is 32.1. The summed E-state index contributed by atoms with van der Waals surface area (Å²) in [7, 11) is 0. The Bertz CT molecular complexity index is 442. The number of rotatable bonds is 2. The van der Waals surface area contributed by atoms with Crippen LogP contribution in [0.3, 0.4) is 0 Å². The molecule has 0 saturated heterocycles. The Kier molecular flexibility index (Phi) is 2.54. The Morgan fingerprint density at radius 2 is 2.07 bits per heavy atom. The first-order valence-electron chi connectivity index (χ1n) is 4.73. The number of nitrogens with zero attached hydrogens (tertiary/aromatic N) is 2. The SMILES string of the molecule is CC(C)(N)c1nc(-c2ccccn2)cs1. The number of aromatic nitrogens is 2. The molecular formula is C11H13N3S. The van der Waals surface area contributed by atoms with E-state index in [1.54, 1.807) is 17.5 Å². The summed E-state index contributed by atoms with van der Waals surface area (Å²) in [4.78, 5) is 8.73. The van der Waals surface area contributed by atoms with Crippen LogP contribution in [0.1, 0.15) is 18.9 Å². The van der Waals surface area contributed by atoms with E-state index >= 15 is 0 Å². The molecule has 78 valence electrons. The molecule has 0 aromatic carbocycles. The molecule has 4 heteroatoms. The highest BCUT2D eigenvalue weighted by Gasteiger charge is 2.18. The van der Waals surface area contributed by atoms with Crippen molar-refractivity contribution in [3.63, 3.8) is 0 Å². The van der Waals surface area contributed by atoms with E-state index in [2.05, 4.69) is 9.97 Å². The Morgan fingerprint density at radius 1 is 1.27 bits per heavy atom. The minimum Gasteiger partial charge on any atom is -0.320 e. The highest BCUT2D eigenvalue weighted by Crippen LogP contribution is 2.25. The van der Waals surface area contributed by atoms with Crippen LogP contribution < -0.4 is 5.73 Å². The van der Waals surface area contributed by atoms with Crippen LogP contribution in [-0.4, -0.2) is 9.97 Å². The van der Waals surface area contributed by atoms with Crippen molar-refractivity contribution in [2.45, 2.75) is 19.4 Å². The third-order valence-electron chi connectivity index (χ3n) is 1.98. The Balaban J connectivity index is 2.37. The fraction of sp³-hybridized carbons (Fsp3) is 0.273. The number of hydrogen-bond acceptors (Lipinski definition) is 4. The minimum atomic E-state index is -0.377. The van der Waals surface area contributed by atoms with E-state index < -0.39 is 0 Å². The molecule has 0 spiro atoms. The molecule has 0 unspecified atom stereocenters. The van der Waals surface area contributed by atoms with Crippen LogP contribution in [0, 0.1) is 0 Å². The number of thiazole rings is 1. The summed E-state index contributed by atoms with van der Waals surface area (Å²) < 4.78 is 0. The maximum atomic E-state index is 5.98. The molecule has 15 heavy (non-hydrogen) atoms. The summed E-state index contributed by atoms with van der Waals surface area (Å²) in [6.45, 7) is 3.90. The standard InChI is InChI=1S/C11H13N3S/c1-11(2,12)10-14-9(7-15-10)8-5-3-4-6-13-8/h3-7H,12H2,1-2H3. The van der Waals surface area contributed by atoms with Crippen LogP contribution in [0.5, 0.6) is 0 Å². The predicted molar refractivity (Wildman–Crippen MR) is 62.6 cm³/mol. The fourth-order valence-electron chi connectivity index (χ4n) is 1.20. The molecule has 2 aromatic rings. The summed E-state index contributed by atoms with van der Waals surface area (Å²) in [5.74, 6) is 0. The maximum absolute atomic E-state index is 5.98. The predicted octanol–water partition coefficient (Wildman–Crippen LogP) is 2.40. The molecule has 2 rings (SSSR count). The zero-order chi connectivity index (χ0) is 10.9. The summed E-state index contributed by atoms with van der Waals surface area (Å²) in [6, 6.07) is 5.79. The minimum absolute atomic E-state index is 0.377. The van der Waals surface area contributed by atoms with Crippen molar-refractivity contribution in [2.75, 3.05) is 0 Å². The van der Waals surface area contributed by atoms with Crippen LogP contribution in [0.25, 0.3) is 11.4 Å². The van der Waals surface area contributed by atoms with E-state index in [1.807, 2.05) is 37.4 Å². The van der Waals surface area contributed by atoms with Gasteiger partial charge in [0.1, 0.15) is 5.01 Å². The second-order valence-corrected chi connectivity index (χ2v) is 4.83. The molecule has 0 amide bonds. The van der Waals surface area contributed by atoms with Gasteiger partial charge in [0, 0.05) is 11.6 Å². The molecular weight excluding hydrogens is 206 g/mol. The monoisotopic (exact) mass is 219 g/mol. The topological polar surface area (TPSA) is 51.8 Å². The zero-order valence-corrected chi connectivity index (χ0v) is 9.58. The van der Waals surface area contributed by atoms with Crippen LogP contribution in [-0.2, 0) is 5.54 Å². The molecule has 2 heterocycles. The van der Waals surface area contributed by atoms with E-state index in [4.69, 9.17) is 5.73 Å². The molecule has 0 aliphatic carbocycles. The number of nitrogens with two attached hydrogens (primary N) is 1. The molecule has 0 aliphatic rings. The van der Waals surface area contributed by atoms with Crippen molar-refractivity contribution >= 4 is 11.3 Å². The normalized spacial score (nSPS) is 11.7. The maximum Gasteiger partial charge on any atom is 0.113 e. The van der Waals surface area contributed by atoms with Gasteiger partial charge in [-0.25, -0.2) is 4.98 Å². The van der Waals surface area contributed by atoms with Gasteiger partial charge in [0.15, 0.2) is 0 Å². The van der Waals surface area contributed by atoms with Crippen molar-refractivity contribution in [2.24, 2.45) is 5.73 Å². The Morgan fingerprint density at radius 3 is 2.60 bits per heavy atom. The fourth-order valence-corrected chi connectivity index (χ4v) is 2.05. The van der Waals surface area contributed by atoms with Gasteiger partial charge in [0.2, 0.25) is 0 Å². The van der Waals surface area contributed by atoms with Gasteiger partial charge in [-0.2, -0.15) is 0 Å². The van der Waals surface area contributed by atoms with E-state index in [1.165, 1.54) is 0 Å². The average molecular weight is 219 g/mol. The first kappa shape index (κ1) is 10.3. The van der Waals surface area contributed by atoms with Crippen LogP contribution in [0.2, 0.25) is 0 Å². The van der Waals surface area contributed by atoms with Gasteiger partial charge in [-0.1, -0.05) is 6.07 Å². The quantitative estimate of drug-likeness (QED) is 0.843. The van der Waals surface area contributed by atoms with Gasteiger partial charge in [-0.05, 0) is 26.0 Å². The third-order valence-corrected chi connectivity index (χ3v) is 3.16. The molecule has 0 atom stereocenters. The lowest BCUT2D eigenvalue weighted by Crippen LogP contribution is -2.28. The van der Waals surface area contributed by atoms with Crippen molar-refractivity contribution < 1.29 is 0 Å². The summed E-state index contributed by atoms with van der Waals surface area (Å²) in [5.41, 5.74) is 7.39.